The van der Waals surface area contributed by atoms with E-state index >= 15 is 0 Å². The van der Waals surface area contributed by atoms with Gasteiger partial charge in [-0.25, -0.2) is 0 Å². The molecule has 0 aliphatic rings. The lowest BCUT2D eigenvalue weighted by Gasteiger charge is -2.00. The average Bonchev–Trinajstić information content (AvgIpc) is 2.59. The molecule has 0 atom stereocenters. The summed E-state index contributed by atoms with van der Waals surface area (Å²) in [6, 6.07) is 2.20. The summed E-state index contributed by atoms with van der Waals surface area (Å²) in [6.07, 6.45) is 4.55. The van der Waals surface area contributed by atoms with Gasteiger partial charge in [0.05, 0.1) is 0 Å². The van der Waals surface area contributed by atoms with Gasteiger partial charge in [-0.2, -0.15) is 0 Å². The van der Waals surface area contributed by atoms with Crippen LogP contribution in [0.15, 0.2) is 27.6 Å². The van der Waals surface area contributed by atoms with Crippen LogP contribution in [0, 0.1) is 0 Å². The Labute approximate surface area is 105 Å². The van der Waals surface area contributed by atoms with Crippen LogP contribution in [0.25, 0.3) is 0 Å². The van der Waals surface area contributed by atoms with Crippen LogP contribution < -0.4 is 5.32 Å². The first kappa shape index (κ1) is 12.9. The van der Waals surface area contributed by atoms with E-state index in [2.05, 4.69) is 52.6 Å². The van der Waals surface area contributed by atoms with Crippen LogP contribution in [-0.2, 0) is 6.42 Å². The number of nitrogens with one attached hydrogen (secondary N) is 1. The Kier molecular flexibility index (Phi) is 6.22. The van der Waals surface area contributed by atoms with Crippen molar-refractivity contribution in [1.29, 1.82) is 0 Å². The van der Waals surface area contributed by atoms with Crippen molar-refractivity contribution in [3.63, 3.8) is 0 Å². The Bertz CT molecular complexity index is 317. The molecule has 0 radical (unpaired) electrons. The topological polar surface area (TPSA) is 12.0 Å². The molecule has 1 N–H and O–H groups in total. The minimum Gasteiger partial charge on any atom is -0.317 e. The van der Waals surface area contributed by atoms with Crippen molar-refractivity contribution in [2.24, 2.45) is 0 Å². The third-order valence-corrected chi connectivity index (χ3v) is 3.84. The van der Waals surface area contributed by atoms with E-state index in [1.165, 1.54) is 14.9 Å². The van der Waals surface area contributed by atoms with Gasteiger partial charge in [-0.15, -0.1) is 11.3 Å². The molecule has 0 amide bonds. The second kappa shape index (κ2) is 7.20. The normalized spacial score (nSPS) is 12.1. The predicted octanol–water partition coefficient (Wildman–Crippen LogP) is 4.00. The van der Waals surface area contributed by atoms with E-state index in [4.69, 9.17) is 0 Å². The van der Waals surface area contributed by atoms with Crippen molar-refractivity contribution in [2.75, 3.05) is 13.1 Å². The van der Waals surface area contributed by atoms with Gasteiger partial charge in [0.25, 0.3) is 0 Å². The summed E-state index contributed by atoms with van der Waals surface area (Å²) in [5.41, 5.74) is 1.46. The largest absolute Gasteiger partial charge is 0.317 e. The molecule has 1 rings (SSSR count). The third kappa shape index (κ3) is 5.50. The van der Waals surface area contributed by atoms with E-state index in [1.807, 2.05) is 11.3 Å². The van der Waals surface area contributed by atoms with Crippen LogP contribution in [0.2, 0.25) is 0 Å². The number of allylic oxidation sites excluding steroid dienone is 1. The fraction of sp³-hybridized carbons (Fsp3) is 0.500. The van der Waals surface area contributed by atoms with Crippen molar-refractivity contribution in [1.82, 2.24) is 5.32 Å². The lowest BCUT2D eigenvalue weighted by Crippen LogP contribution is -2.13. The van der Waals surface area contributed by atoms with E-state index in [0.717, 1.165) is 25.9 Å². The highest BCUT2D eigenvalue weighted by Crippen LogP contribution is 2.22. The molecule has 0 spiro atoms. The zero-order valence-electron chi connectivity index (χ0n) is 9.35. The Morgan fingerprint density at radius 1 is 1.60 bits per heavy atom. The van der Waals surface area contributed by atoms with E-state index in [1.54, 1.807) is 0 Å². The first-order valence-corrected chi connectivity index (χ1v) is 6.99. The maximum absolute atomic E-state index is 3.48. The fourth-order valence-corrected chi connectivity index (χ4v) is 2.94. The van der Waals surface area contributed by atoms with E-state index in [0.29, 0.717) is 0 Å². The molecule has 0 aliphatic carbocycles. The molecular weight excluding hydrogens is 270 g/mol. The molecule has 1 heterocycles. The number of rotatable bonds is 6. The highest BCUT2D eigenvalue weighted by molar-refractivity contribution is 9.10. The Hall–Kier alpha value is -0.120. The summed E-state index contributed by atoms with van der Waals surface area (Å²) in [7, 11) is 0. The number of hydrogen-bond acceptors (Lipinski definition) is 2. The predicted molar refractivity (Wildman–Crippen MR) is 72.6 cm³/mol. The number of hydrogen-bond donors (Lipinski definition) is 1. The van der Waals surface area contributed by atoms with Crippen molar-refractivity contribution in [2.45, 2.75) is 26.7 Å². The van der Waals surface area contributed by atoms with E-state index < -0.39 is 0 Å². The van der Waals surface area contributed by atoms with E-state index in [9.17, 15) is 0 Å². The van der Waals surface area contributed by atoms with Crippen LogP contribution >= 0.6 is 27.3 Å². The van der Waals surface area contributed by atoms with Crippen LogP contribution in [-0.4, -0.2) is 13.1 Å². The molecule has 0 bridgehead atoms. The van der Waals surface area contributed by atoms with Gasteiger partial charge in [-0.05, 0) is 48.4 Å². The molecule has 84 valence electrons. The van der Waals surface area contributed by atoms with Gasteiger partial charge in [0, 0.05) is 21.2 Å². The van der Waals surface area contributed by atoms with Crippen molar-refractivity contribution < 1.29 is 0 Å². The molecule has 0 unspecified atom stereocenters. The maximum atomic E-state index is 3.48. The monoisotopic (exact) mass is 287 g/mol. The summed E-state index contributed by atoms with van der Waals surface area (Å²) >= 11 is 5.29. The van der Waals surface area contributed by atoms with Gasteiger partial charge in [0.15, 0.2) is 0 Å². The van der Waals surface area contributed by atoms with Crippen LogP contribution in [0.5, 0.6) is 0 Å². The van der Waals surface area contributed by atoms with E-state index in [-0.39, 0.29) is 0 Å². The minimum absolute atomic E-state index is 1.06. The molecule has 0 aromatic carbocycles. The van der Waals surface area contributed by atoms with Gasteiger partial charge < -0.3 is 5.32 Å². The highest BCUT2D eigenvalue weighted by atomic mass is 79.9. The second-order valence-corrected chi connectivity index (χ2v) is 5.51. The van der Waals surface area contributed by atoms with Crippen LogP contribution in [0.1, 0.15) is 25.1 Å². The molecule has 1 aromatic rings. The summed E-state index contributed by atoms with van der Waals surface area (Å²) in [4.78, 5) is 1.43. The molecule has 1 aromatic heterocycles. The zero-order chi connectivity index (χ0) is 11.1. The molecule has 0 fully saturated rings. The summed E-state index contributed by atoms with van der Waals surface area (Å²) in [5, 5.41) is 5.46. The molecule has 0 saturated carbocycles. The van der Waals surface area contributed by atoms with Crippen LogP contribution in [0.3, 0.4) is 0 Å². The summed E-state index contributed by atoms with van der Waals surface area (Å²) < 4.78 is 1.20. The zero-order valence-corrected chi connectivity index (χ0v) is 11.7. The smallest absolute Gasteiger partial charge is 0.0285 e. The Morgan fingerprint density at radius 2 is 2.40 bits per heavy atom. The molecular formula is C12H18BrNS. The minimum atomic E-state index is 1.06. The number of halogens is 1. The molecule has 1 nitrogen and oxygen atoms in total. The van der Waals surface area contributed by atoms with Gasteiger partial charge in [-0.3, -0.25) is 0 Å². The summed E-state index contributed by atoms with van der Waals surface area (Å²) in [6.45, 7) is 6.49. The van der Waals surface area contributed by atoms with Gasteiger partial charge in [0.2, 0.25) is 0 Å². The maximum Gasteiger partial charge on any atom is 0.0285 e. The SMILES string of the molecule is CCNCCC=C(C)Cc1cc(Br)cs1. The lowest BCUT2D eigenvalue weighted by atomic mass is 10.1. The standard InChI is InChI=1S/C12H18BrNS/c1-3-14-6-4-5-10(2)7-12-8-11(13)9-15-12/h5,8-9,14H,3-4,6-7H2,1-2H3. The summed E-state index contributed by atoms with van der Waals surface area (Å²) in [5.74, 6) is 0. The first-order valence-electron chi connectivity index (χ1n) is 5.31. The second-order valence-electron chi connectivity index (χ2n) is 3.60. The first-order chi connectivity index (χ1) is 7.22. The van der Waals surface area contributed by atoms with Gasteiger partial charge in [-0.1, -0.05) is 18.6 Å². The molecule has 0 aliphatic heterocycles. The highest BCUT2D eigenvalue weighted by Gasteiger charge is 1.98. The van der Waals surface area contributed by atoms with Crippen molar-refractivity contribution >= 4 is 27.3 Å². The number of thiophene rings is 1. The average molecular weight is 288 g/mol. The lowest BCUT2D eigenvalue weighted by molar-refractivity contribution is 0.724. The van der Waals surface area contributed by atoms with Crippen LogP contribution in [0.4, 0.5) is 0 Å². The molecule has 15 heavy (non-hydrogen) atoms. The van der Waals surface area contributed by atoms with Gasteiger partial charge in [0.1, 0.15) is 0 Å². The van der Waals surface area contributed by atoms with Crippen molar-refractivity contribution in [3.05, 3.63) is 32.4 Å². The Morgan fingerprint density at radius 3 is 3.00 bits per heavy atom. The quantitative estimate of drug-likeness (QED) is 0.616. The van der Waals surface area contributed by atoms with Crippen molar-refractivity contribution in [3.8, 4) is 0 Å². The fourth-order valence-electron chi connectivity index (χ4n) is 1.39. The Balaban J connectivity index is 2.31. The molecule has 0 saturated heterocycles. The van der Waals surface area contributed by atoms with Gasteiger partial charge >= 0.3 is 0 Å². The third-order valence-electron chi connectivity index (χ3n) is 2.14. The molecule has 3 heteroatoms.